The van der Waals surface area contributed by atoms with E-state index in [1.807, 2.05) is 42.7 Å². The van der Waals surface area contributed by atoms with E-state index in [-0.39, 0.29) is 16.5 Å². The first kappa shape index (κ1) is 21.8. The normalized spacial score (nSPS) is 15.4. The third-order valence-corrected chi connectivity index (χ3v) is 6.79. The highest BCUT2D eigenvalue weighted by molar-refractivity contribution is 7.71. The Morgan fingerprint density at radius 1 is 1.35 bits per heavy atom. The van der Waals surface area contributed by atoms with Gasteiger partial charge in [-0.05, 0) is 30.8 Å². The van der Waals surface area contributed by atoms with Crippen molar-refractivity contribution in [2.75, 3.05) is 7.05 Å². The minimum atomic E-state index is -0.685. The van der Waals surface area contributed by atoms with E-state index in [1.165, 1.54) is 12.1 Å². The molecule has 0 unspecified atom stereocenters. The van der Waals surface area contributed by atoms with Crippen molar-refractivity contribution in [1.82, 2.24) is 23.8 Å². The van der Waals surface area contributed by atoms with Crippen LogP contribution in [0.5, 0.6) is 0 Å². The maximum absolute atomic E-state index is 14.6. The quantitative estimate of drug-likeness (QED) is 0.390. The first-order chi connectivity index (χ1) is 14.7. The van der Waals surface area contributed by atoms with Crippen molar-refractivity contribution in [3.63, 3.8) is 0 Å². The summed E-state index contributed by atoms with van der Waals surface area (Å²) < 4.78 is 35.4. The first-order valence-electron chi connectivity index (χ1n) is 9.94. The van der Waals surface area contributed by atoms with Crippen molar-refractivity contribution >= 4 is 23.8 Å². The fourth-order valence-corrected chi connectivity index (χ4v) is 4.75. The van der Waals surface area contributed by atoms with Crippen LogP contribution in [-0.4, -0.2) is 30.9 Å². The second-order valence-corrected chi connectivity index (χ2v) is 8.90. The molecule has 0 radical (unpaired) electrons. The Morgan fingerprint density at radius 3 is 2.77 bits per heavy atom. The molecule has 0 bridgehead atoms. The highest BCUT2D eigenvalue weighted by Crippen LogP contribution is 2.37. The van der Waals surface area contributed by atoms with Crippen molar-refractivity contribution in [3.8, 4) is 0 Å². The minimum Gasteiger partial charge on any atom is -0.374 e. The Hall–Kier alpha value is -2.45. The third-order valence-electron chi connectivity index (χ3n) is 6.00. The molecule has 1 aromatic carbocycles. The summed E-state index contributed by atoms with van der Waals surface area (Å²) in [4.78, 5) is 2.08. The number of halogens is 3. The number of aryl methyl sites for hydroxylation is 1. The average molecular weight is 464 g/mol. The van der Waals surface area contributed by atoms with Gasteiger partial charge >= 0.3 is 0 Å². The molecule has 4 rings (SSSR count). The fraction of sp³-hybridized carbons (Fsp3) is 0.364. The minimum absolute atomic E-state index is 0.0340. The molecule has 31 heavy (non-hydrogen) atoms. The van der Waals surface area contributed by atoms with Crippen molar-refractivity contribution in [1.29, 1.82) is 0 Å². The van der Waals surface area contributed by atoms with Crippen LogP contribution in [0.3, 0.4) is 0 Å². The highest BCUT2D eigenvalue weighted by Gasteiger charge is 2.32. The summed E-state index contributed by atoms with van der Waals surface area (Å²) in [6.45, 7) is 5.36. The molecular weight excluding hydrogens is 440 g/mol. The largest absolute Gasteiger partial charge is 0.374 e. The van der Waals surface area contributed by atoms with E-state index in [4.69, 9.17) is 23.8 Å². The van der Waals surface area contributed by atoms with Crippen LogP contribution in [0.25, 0.3) is 0 Å². The lowest BCUT2D eigenvalue weighted by molar-refractivity contribution is 0.401. The molecule has 0 N–H and O–H groups in total. The zero-order valence-electron chi connectivity index (χ0n) is 17.7. The molecule has 164 valence electrons. The van der Waals surface area contributed by atoms with Crippen LogP contribution >= 0.6 is 23.8 Å². The molecule has 0 spiro atoms. The molecule has 0 saturated heterocycles. The first-order valence-corrected chi connectivity index (χ1v) is 10.7. The molecular formula is C22H24ClF2N5S. The van der Waals surface area contributed by atoms with Gasteiger partial charge in [-0.2, -0.15) is 5.10 Å². The Kier molecular flexibility index (Phi) is 5.79. The number of imidazole rings is 1. The number of fused-ring (bicyclic) bond motifs is 1. The van der Waals surface area contributed by atoms with E-state index in [0.29, 0.717) is 30.7 Å². The lowest BCUT2D eigenvalue weighted by Gasteiger charge is -2.22. The Bertz CT molecular complexity index is 1230. The molecule has 3 heterocycles. The molecule has 1 atom stereocenters. The number of rotatable bonds is 6. The van der Waals surface area contributed by atoms with Crippen LogP contribution in [0.2, 0.25) is 5.02 Å². The van der Waals surface area contributed by atoms with Gasteiger partial charge in [0.05, 0.1) is 11.2 Å². The smallest absolute Gasteiger partial charge is 0.180 e. The van der Waals surface area contributed by atoms with Gasteiger partial charge in [-0.25, -0.2) is 8.78 Å². The van der Waals surface area contributed by atoms with Gasteiger partial charge in [0.1, 0.15) is 11.6 Å². The lowest BCUT2D eigenvalue weighted by Crippen LogP contribution is -2.19. The van der Waals surface area contributed by atoms with Crippen LogP contribution in [0.1, 0.15) is 28.4 Å². The van der Waals surface area contributed by atoms with E-state index in [2.05, 4.69) is 16.6 Å². The summed E-state index contributed by atoms with van der Waals surface area (Å²) in [7, 11) is 5.79. The van der Waals surface area contributed by atoms with Gasteiger partial charge in [0, 0.05) is 81.0 Å². The van der Waals surface area contributed by atoms with E-state index >= 15 is 0 Å². The van der Waals surface area contributed by atoms with Crippen molar-refractivity contribution in [2.24, 2.45) is 14.1 Å². The Labute approximate surface area is 190 Å². The van der Waals surface area contributed by atoms with Gasteiger partial charge in [-0.15, -0.1) is 0 Å². The fourth-order valence-electron chi connectivity index (χ4n) is 4.29. The van der Waals surface area contributed by atoms with Crippen LogP contribution in [0.15, 0.2) is 36.8 Å². The summed E-state index contributed by atoms with van der Waals surface area (Å²) in [6, 6.07) is 2.47. The molecule has 1 aliphatic heterocycles. The zero-order chi connectivity index (χ0) is 22.4. The molecule has 0 aliphatic carbocycles. The number of nitrogens with zero attached hydrogens (tertiary/aromatic N) is 5. The van der Waals surface area contributed by atoms with E-state index in [0.717, 1.165) is 22.6 Å². The SMILES string of the molecule is C=C(Cc1c2n(c(=S)n1C)C[C@H](c1c(F)ccc(Cl)c1F)C2)N(C)Cc1cnn(C)c1. The summed E-state index contributed by atoms with van der Waals surface area (Å²) in [5, 5.41) is 4.14. The number of hydrogen-bond donors (Lipinski definition) is 0. The monoisotopic (exact) mass is 463 g/mol. The molecule has 5 nitrogen and oxygen atoms in total. The van der Waals surface area contributed by atoms with Crippen molar-refractivity contribution in [3.05, 3.63) is 80.7 Å². The number of benzene rings is 1. The van der Waals surface area contributed by atoms with Crippen LogP contribution < -0.4 is 0 Å². The maximum Gasteiger partial charge on any atom is 0.180 e. The van der Waals surface area contributed by atoms with Gasteiger partial charge in [0.2, 0.25) is 0 Å². The van der Waals surface area contributed by atoms with Gasteiger partial charge in [-0.1, -0.05) is 18.2 Å². The van der Waals surface area contributed by atoms with E-state index in [9.17, 15) is 8.78 Å². The summed E-state index contributed by atoms with van der Waals surface area (Å²) in [6.07, 6.45) is 4.89. The predicted octanol–water partition coefficient (Wildman–Crippen LogP) is 4.75. The summed E-state index contributed by atoms with van der Waals surface area (Å²) >= 11 is 11.5. The third kappa shape index (κ3) is 3.94. The maximum atomic E-state index is 14.6. The van der Waals surface area contributed by atoms with Crippen LogP contribution in [0, 0.1) is 16.4 Å². The van der Waals surface area contributed by atoms with Crippen LogP contribution in [-0.2, 0) is 40.0 Å². The van der Waals surface area contributed by atoms with Gasteiger partial charge in [0.25, 0.3) is 0 Å². The number of hydrogen-bond acceptors (Lipinski definition) is 3. The van der Waals surface area contributed by atoms with Crippen LogP contribution in [0.4, 0.5) is 8.78 Å². The summed E-state index contributed by atoms with van der Waals surface area (Å²) in [5.41, 5.74) is 4.05. The molecule has 2 aromatic heterocycles. The second-order valence-electron chi connectivity index (χ2n) is 8.12. The second kappa shape index (κ2) is 8.24. The van der Waals surface area contributed by atoms with E-state index < -0.39 is 11.6 Å². The zero-order valence-corrected chi connectivity index (χ0v) is 19.3. The van der Waals surface area contributed by atoms with Gasteiger partial charge in [0.15, 0.2) is 4.77 Å². The van der Waals surface area contributed by atoms with Crippen molar-refractivity contribution < 1.29 is 8.78 Å². The number of likely N-dealkylation sites (N-methyl/N-ethyl adjacent to an activating group) is 1. The molecule has 3 aromatic rings. The standard InChI is InChI=1S/C22H24ClF2N5S/c1-13(27(2)10-14-9-26-28(3)11-14)7-18-19-8-15(12-30(19)22(31)29(18)4)20-17(24)6-5-16(23)21(20)25/h5-6,9,11,15H,1,7-8,10,12H2,2-4H3/t15-/m1/s1. The molecule has 1 aliphatic rings. The number of allylic oxidation sites excluding steroid dienone is 1. The summed E-state index contributed by atoms with van der Waals surface area (Å²) in [5.74, 6) is -1.61. The Morgan fingerprint density at radius 2 is 2.10 bits per heavy atom. The molecule has 9 heteroatoms. The topological polar surface area (TPSA) is 30.9 Å². The highest BCUT2D eigenvalue weighted by atomic mass is 35.5. The Balaban J connectivity index is 1.58. The van der Waals surface area contributed by atoms with Crippen molar-refractivity contribution in [2.45, 2.75) is 31.8 Å². The van der Waals surface area contributed by atoms with Gasteiger partial charge < -0.3 is 14.0 Å². The number of aromatic nitrogens is 4. The lowest BCUT2D eigenvalue weighted by atomic mass is 9.95. The molecule has 0 amide bonds. The van der Waals surface area contributed by atoms with Gasteiger partial charge in [-0.3, -0.25) is 4.68 Å². The molecule has 0 saturated carbocycles. The predicted molar refractivity (Wildman–Crippen MR) is 120 cm³/mol. The average Bonchev–Trinajstić information content (AvgIpc) is 3.38. The molecule has 0 fully saturated rings. The van der Waals surface area contributed by atoms with E-state index in [1.54, 1.807) is 4.68 Å².